The second-order valence-electron chi connectivity index (χ2n) is 5.66. The van der Waals surface area contributed by atoms with Gasteiger partial charge in [-0.2, -0.15) is 0 Å². The lowest BCUT2D eigenvalue weighted by Gasteiger charge is -2.22. The molecular formula is C17H23NO4. The average molecular weight is 305 g/mol. The van der Waals surface area contributed by atoms with E-state index in [9.17, 15) is 9.59 Å². The molecule has 1 amide bonds. The van der Waals surface area contributed by atoms with Crippen molar-refractivity contribution in [3.8, 4) is 0 Å². The van der Waals surface area contributed by atoms with Crippen molar-refractivity contribution in [3.63, 3.8) is 0 Å². The minimum Gasteiger partial charge on any atom is -0.480 e. The first-order valence-corrected chi connectivity index (χ1v) is 7.84. The summed E-state index contributed by atoms with van der Waals surface area (Å²) in [5.74, 6) is -0.533. The average Bonchev–Trinajstić information content (AvgIpc) is 2.55. The Hall–Kier alpha value is -1.88. The molecule has 1 aromatic rings. The highest BCUT2D eigenvalue weighted by Gasteiger charge is 2.15. The Balaban J connectivity index is 1.77. The highest BCUT2D eigenvalue weighted by Crippen LogP contribution is 2.32. The summed E-state index contributed by atoms with van der Waals surface area (Å²) < 4.78 is 4.87. The summed E-state index contributed by atoms with van der Waals surface area (Å²) in [6, 6.07) is 7.81. The van der Waals surface area contributed by atoms with E-state index in [1.54, 1.807) is 0 Å². The summed E-state index contributed by atoms with van der Waals surface area (Å²) in [6.45, 7) is 0.153. The van der Waals surface area contributed by atoms with Gasteiger partial charge in [-0.1, -0.05) is 31.4 Å². The van der Waals surface area contributed by atoms with Crippen molar-refractivity contribution in [2.45, 2.75) is 38.0 Å². The van der Waals surface area contributed by atoms with Crippen LogP contribution in [0.2, 0.25) is 0 Å². The SMILES string of the molecule is O=C(O)COCCNC(=O)c1ccc(C2CCCCC2)cc1. The van der Waals surface area contributed by atoms with Crippen LogP contribution in [0.15, 0.2) is 24.3 Å². The van der Waals surface area contributed by atoms with Crippen molar-refractivity contribution in [2.24, 2.45) is 0 Å². The second kappa shape index (κ2) is 8.54. The van der Waals surface area contributed by atoms with Crippen LogP contribution in [0.4, 0.5) is 0 Å². The van der Waals surface area contributed by atoms with Gasteiger partial charge < -0.3 is 15.2 Å². The van der Waals surface area contributed by atoms with Crippen molar-refractivity contribution in [1.82, 2.24) is 5.32 Å². The van der Waals surface area contributed by atoms with Gasteiger partial charge >= 0.3 is 5.97 Å². The Morgan fingerprint density at radius 1 is 1.14 bits per heavy atom. The molecule has 2 N–H and O–H groups in total. The molecule has 0 saturated heterocycles. The zero-order valence-corrected chi connectivity index (χ0v) is 12.7. The number of carboxylic acid groups (broad SMARTS) is 1. The molecule has 1 saturated carbocycles. The van der Waals surface area contributed by atoms with Crippen molar-refractivity contribution < 1.29 is 19.4 Å². The van der Waals surface area contributed by atoms with E-state index in [0.29, 0.717) is 18.0 Å². The maximum absolute atomic E-state index is 11.9. The number of hydrogen-bond donors (Lipinski definition) is 2. The Labute approximate surface area is 130 Å². The van der Waals surface area contributed by atoms with Crippen LogP contribution in [0.25, 0.3) is 0 Å². The van der Waals surface area contributed by atoms with Gasteiger partial charge in [0.05, 0.1) is 6.61 Å². The van der Waals surface area contributed by atoms with Crippen molar-refractivity contribution in [3.05, 3.63) is 35.4 Å². The molecule has 1 aromatic carbocycles. The predicted molar refractivity (Wildman–Crippen MR) is 83.1 cm³/mol. The van der Waals surface area contributed by atoms with E-state index in [1.807, 2.05) is 24.3 Å². The van der Waals surface area contributed by atoms with Gasteiger partial charge in [-0.05, 0) is 36.5 Å². The molecule has 1 aliphatic rings. The standard InChI is InChI=1S/C17H23NO4/c19-16(20)12-22-11-10-18-17(21)15-8-6-14(7-9-15)13-4-2-1-3-5-13/h6-9,13H,1-5,10-12H2,(H,18,21)(H,19,20). The van der Waals surface area contributed by atoms with Crippen LogP contribution in [0.1, 0.15) is 53.9 Å². The molecule has 2 rings (SSSR count). The largest absolute Gasteiger partial charge is 0.480 e. The lowest BCUT2D eigenvalue weighted by molar-refractivity contribution is -0.142. The molecular weight excluding hydrogens is 282 g/mol. The molecule has 0 aromatic heterocycles. The number of carbonyl (C=O) groups excluding carboxylic acids is 1. The Kier molecular flexibility index (Phi) is 6.40. The van der Waals surface area contributed by atoms with Crippen molar-refractivity contribution in [1.29, 1.82) is 0 Å². The Morgan fingerprint density at radius 2 is 1.82 bits per heavy atom. The van der Waals surface area contributed by atoms with Crippen LogP contribution in [0.3, 0.4) is 0 Å². The zero-order chi connectivity index (χ0) is 15.8. The minimum absolute atomic E-state index is 0.158. The summed E-state index contributed by atoms with van der Waals surface area (Å²) in [4.78, 5) is 22.2. The third kappa shape index (κ3) is 5.15. The minimum atomic E-state index is -1.01. The van der Waals surface area contributed by atoms with Gasteiger partial charge in [-0.25, -0.2) is 4.79 Å². The summed E-state index contributed by atoms with van der Waals surface area (Å²) >= 11 is 0. The first-order chi connectivity index (χ1) is 10.7. The molecule has 5 heteroatoms. The smallest absolute Gasteiger partial charge is 0.329 e. The third-order valence-electron chi connectivity index (χ3n) is 4.01. The first kappa shape index (κ1) is 16.5. The summed E-state index contributed by atoms with van der Waals surface area (Å²) in [6.07, 6.45) is 6.41. The number of hydrogen-bond acceptors (Lipinski definition) is 3. The van der Waals surface area contributed by atoms with Gasteiger partial charge in [0.1, 0.15) is 6.61 Å². The summed E-state index contributed by atoms with van der Waals surface area (Å²) in [5, 5.41) is 11.1. The lowest BCUT2D eigenvalue weighted by Crippen LogP contribution is -2.27. The number of carbonyl (C=O) groups is 2. The number of benzene rings is 1. The third-order valence-corrected chi connectivity index (χ3v) is 4.01. The fraction of sp³-hybridized carbons (Fsp3) is 0.529. The number of carboxylic acids is 1. The number of amides is 1. The molecule has 22 heavy (non-hydrogen) atoms. The van der Waals surface area contributed by atoms with E-state index >= 15 is 0 Å². The topological polar surface area (TPSA) is 75.6 Å². The van der Waals surface area contributed by atoms with Crippen LogP contribution in [-0.2, 0) is 9.53 Å². The maximum Gasteiger partial charge on any atom is 0.329 e. The highest BCUT2D eigenvalue weighted by molar-refractivity contribution is 5.94. The molecule has 5 nitrogen and oxygen atoms in total. The molecule has 0 radical (unpaired) electrons. The van der Waals surface area contributed by atoms with Crippen LogP contribution in [-0.4, -0.2) is 36.7 Å². The predicted octanol–water partition coefficient (Wildman–Crippen LogP) is 2.57. The highest BCUT2D eigenvalue weighted by atomic mass is 16.5. The lowest BCUT2D eigenvalue weighted by atomic mass is 9.84. The number of rotatable bonds is 7. The van der Waals surface area contributed by atoms with Crippen LogP contribution in [0, 0.1) is 0 Å². The van der Waals surface area contributed by atoms with Crippen molar-refractivity contribution in [2.75, 3.05) is 19.8 Å². The summed E-state index contributed by atoms with van der Waals surface area (Å²) in [7, 11) is 0. The van der Waals surface area contributed by atoms with Crippen LogP contribution < -0.4 is 5.32 Å². The molecule has 0 heterocycles. The maximum atomic E-state index is 11.9. The molecule has 120 valence electrons. The fourth-order valence-electron chi connectivity index (χ4n) is 2.84. The first-order valence-electron chi connectivity index (χ1n) is 7.84. The Morgan fingerprint density at radius 3 is 2.45 bits per heavy atom. The molecule has 0 aliphatic heterocycles. The number of nitrogens with one attached hydrogen (secondary N) is 1. The van der Waals surface area contributed by atoms with Gasteiger partial charge in [0, 0.05) is 12.1 Å². The van der Waals surface area contributed by atoms with E-state index in [1.165, 1.54) is 37.7 Å². The van der Waals surface area contributed by atoms with E-state index < -0.39 is 5.97 Å². The van der Waals surface area contributed by atoms with Crippen molar-refractivity contribution >= 4 is 11.9 Å². The Bertz CT molecular complexity index is 492. The number of ether oxygens (including phenoxy) is 1. The molecule has 0 bridgehead atoms. The molecule has 1 aliphatic carbocycles. The number of aliphatic carboxylic acids is 1. The van der Waals surface area contributed by atoms with E-state index in [0.717, 1.165) is 0 Å². The van der Waals surface area contributed by atoms with E-state index in [-0.39, 0.29) is 19.1 Å². The van der Waals surface area contributed by atoms with Gasteiger partial charge in [0.25, 0.3) is 5.91 Å². The van der Waals surface area contributed by atoms with Crippen LogP contribution in [0.5, 0.6) is 0 Å². The zero-order valence-electron chi connectivity index (χ0n) is 12.7. The van der Waals surface area contributed by atoms with Crippen LogP contribution >= 0.6 is 0 Å². The second-order valence-corrected chi connectivity index (χ2v) is 5.66. The quantitative estimate of drug-likeness (QED) is 0.759. The monoisotopic (exact) mass is 305 g/mol. The van der Waals surface area contributed by atoms with E-state index in [2.05, 4.69) is 5.32 Å². The van der Waals surface area contributed by atoms with Gasteiger partial charge in [-0.3, -0.25) is 4.79 Å². The van der Waals surface area contributed by atoms with Gasteiger partial charge in [0.2, 0.25) is 0 Å². The molecule has 0 spiro atoms. The fourth-order valence-corrected chi connectivity index (χ4v) is 2.84. The molecule has 1 fully saturated rings. The normalized spacial score (nSPS) is 15.5. The van der Waals surface area contributed by atoms with E-state index in [4.69, 9.17) is 9.84 Å². The molecule has 0 unspecified atom stereocenters. The van der Waals surface area contributed by atoms with Gasteiger partial charge in [0.15, 0.2) is 0 Å². The molecule has 0 atom stereocenters. The summed E-state index contributed by atoms with van der Waals surface area (Å²) in [5.41, 5.74) is 1.94. The van der Waals surface area contributed by atoms with Gasteiger partial charge in [-0.15, -0.1) is 0 Å².